The monoisotopic (exact) mass is 225 g/mol. The molecule has 0 bridgehead atoms. The first-order valence-corrected chi connectivity index (χ1v) is 4.59. The minimum atomic E-state index is -2.78. The fourth-order valence-electron chi connectivity index (χ4n) is 1.51. The van der Waals surface area contributed by atoms with Crippen LogP contribution in [0.1, 0.15) is 40.4 Å². The van der Waals surface area contributed by atoms with Crippen molar-refractivity contribution in [2.75, 3.05) is 0 Å². The van der Waals surface area contributed by atoms with Gasteiger partial charge in [-0.1, -0.05) is 6.92 Å². The van der Waals surface area contributed by atoms with Crippen LogP contribution in [-0.2, 0) is 6.42 Å². The molecule has 0 unspecified atom stereocenters. The van der Waals surface area contributed by atoms with Crippen LogP contribution in [0, 0.1) is 11.3 Å². The molecule has 0 saturated carbocycles. The van der Waals surface area contributed by atoms with Gasteiger partial charge >= 0.3 is 5.97 Å². The second-order valence-corrected chi connectivity index (χ2v) is 3.16. The van der Waals surface area contributed by atoms with Crippen LogP contribution in [0.3, 0.4) is 0 Å². The fraction of sp³-hybridized carbons (Fsp3) is 0.273. The van der Waals surface area contributed by atoms with Crippen molar-refractivity contribution < 1.29 is 18.7 Å². The zero-order valence-electron chi connectivity index (χ0n) is 8.50. The minimum Gasteiger partial charge on any atom is -0.478 e. The molecule has 0 spiro atoms. The van der Waals surface area contributed by atoms with E-state index in [-0.39, 0.29) is 28.7 Å². The highest BCUT2D eigenvalue weighted by molar-refractivity contribution is 5.88. The SMILES string of the molecule is CCc1c(C#N)cc(C(=O)O)cc1C(F)F. The first kappa shape index (κ1) is 12.1. The first-order chi connectivity index (χ1) is 7.51. The molecule has 0 fully saturated rings. The maximum absolute atomic E-state index is 12.7. The Balaban J connectivity index is 3.51. The Labute approximate surface area is 90.9 Å². The van der Waals surface area contributed by atoms with Crippen molar-refractivity contribution >= 4 is 5.97 Å². The molecule has 0 aliphatic heterocycles. The number of rotatable bonds is 3. The number of carbonyl (C=O) groups is 1. The Kier molecular flexibility index (Phi) is 3.56. The third kappa shape index (κ3) is 2.16. The second-order valence-electron chi connectivity index (χ2n) is 3.16. The zero-order chi connectivity index (χ0) is 12.3. The Morgan fingerprint density at radius 2 is 2.19 bits per heavy atom. The van der Waals surface area contributed by atoms with E-state index in [1.54, 1.807) is 13.0 Å². The number of alkyl halides is 2. The van der Waals surface area contributed by atoms with Gasteiger partial charge < -0.3 is 5.11 Å². The third-order valence-electron chi connectivity index (χ3n) is 2.24. The number of nitriles is 1. The highest BCUT2D eigenvalue weighted by Crippen LogP contribution is 2.27. The molecule has 0 aromatic heterocycles. The summed E-state index contributed by atoms with van der Waals surface area (Å²) in [5, 5.41) is 17.5. The molecular formula is C11H9F2NO2. The Morgan fingerprint density at radius 1 is 1.56 bits per heavy atom. The van der Waals surface area contributed by atoms with Gasteiger partial charge in [-0.05, 0) is 24.1 Å². The highest BCUT2D eigenvalue weighted by Gasteiger charge is 2.18. The molecule has 1 rings (SSSR count). The molecule has 0 heterocycles. The number of aromatic carboxylic acids is 1. The average molecular weight is 225 g/mol. The lowest BCUT2D eigenvalue weighted by molar-refractivity contribution is 0.0696. The number of halogens is 2. The highest BCUT2D eigenvalue weighted by atomic mass is 19.3. The summed E-state index contributed by atoms with van der Waals surface area (Å²) in [5.74, 6) is -1.32. The van der Waals surface area contributed by atoms with E-state index in [1.807, 2.05) is 0 Å². The largest absolute Gasteiger partial charge is 0.478 e. The van der Waals surface area contributed by atoms with Gasteiger partial charge in [0, 0.05) is 5.56 Å². The summed E-state index contributed by atoms with van der Waals surface area (Å²) in [7, 11) is 0. The van der Waals surface area contributed by atoms with Gasteiger partial charge in [0.15, 0.2) is 0 Å². The van der Waals surface area contributed by atoms with E-state index in [2.05, 4.69) is 0 Å². The van der Waals surface area contributed by atoms with Crippen molar-refractivity contribution in [3.8, 4) is 6.07 Å². The number of hydrogen-bond acceptors (Lipinski definition) is 2. The molecule has 0 aliphatic carbocycles. The summed E-state index contributed by atoms with van der Waals surface area (Å²) >= 11 is 0. The van der Waals surface area contributed by atoms with Crippen molar-refractivity contribution in [2.24, 2.45) is 0 Å². The van der Waals surface area contributed by atoms with Gasteiger partial charge in [0.05, 0.1) is 17.2 Å². The zero-order valence-corrected chi connectivity index (χ0v) is 8.50. The minimum absolute atomic E-state index is 0.00213. The van der Waals surface area contributed by atoms with Crippen LogP contribution >= 0.6 is 0 Å². The molecule has 0 atom stereocenters. The predicted octanol–water partition coefficient (Wildman–Crippen LogP) is 2.76. The van der Waals surface area contributed by atoms with E-state index in [9.17, 15) is 13.6 Å². The van der Waals surface area contributed by atoms with E-state index in [0.717, 1.165) is 12.1 Å². The Hall–Kier alpha value is -1.96. The van der Waals surface area contributed by atoms with E-state index in [1.165, 1.54) is 0 Å². The molecule has 0 aliphatic rings. The van der Waals surface area contributed by atoms with Crippen LogP contribution in [-0.4, -0.2) is 11.1 Å². The molecule has 3 nitrogen and oxygen atoms in total. The van der Waals surface area contributed by atoms with E-state index >= 15 is 0 Å². The van der Waals surface area contributed by atoms with Gasteiger partial charge in [-0.15, -0.1) is 0 Å². The molecule has 0 saturated heterocycles. The standard InChI is InChI=1S/C11H9F2NO2/c1-2-8-7(5-14)3-6(11(15)16)4-9(8)10(12)13/h3-4,10H,2H2,1H3,(H,15,16). The number of hydrogen-bond donors (Lipinski definition) is 1. The summed E-state index contributed by atoms with van der Waals surface area (Å²) in [5.41, 5.74) is -0.455. The second kappa shape index (κ2) is 4.71. The topological polar surface area (TPSA) is 61.1 Å². The smallest absolute Gasteiger partial charge is 0.335 e. The van der Waals surface area contributed by atoms with Crippen molar-refractivity contribution in [1.82, 2.24) is 0 Å². The molecule has 5 heteroatoms. The lowest BCUT2D eigenvalue weighted by Crippen LogP contribution is -2.04. The lowest BCUT2D eigenvalue weighted by atomic mass is 9.96. The van der Waals surface area contributed by atoms with Gasteiger partial charge in [0.2, 0.25) is 0 Å². The molecule has 84 valence electrons. The summed E-state index contributed by atoms with van der Waals surface area (Å²) < 4.78 is 25.3. The number of benzene rings is 1. The molecule has 1 aromatic carbocycles. The summed E-state index contributed by atoms with van der Waals surface area (Å²) in [4.78, 5) is 10.7. The van der Waals surface area contributed by atoms with Gasteiger partial charge in [-0.2, -0.15) is 5.26 Å². The first-order valence-electron chi connectivity index (χ1n) is 4.59. The molecule has 0 radical (unpaired) electrons. The molecule has 1 aromatic rings. The van der Waals surface area contributed by atoms with Crippen LogP contribution < -0.4 is 0 Å². The van der Waals surface area contributed by atoms with Crippen LogP contribution in [0.4, 0.5) is 8.78 Å². The maximum atomic E-state index is 12.7. The van der Waals surface area contributed by atoms with Crippen molar-refractivity contribution in [3.05, 3.63) is 34.4 Å². The van der Waals surface area contributed by atoms with Gasteiger partial charge in [0.1, 0.15) is 0 Å². The van der Waals surface area contributed by atoms with Crippen LogP contribution in [0.2, 0.25) is 0 Å². The van der Waals surface area contributed by atoms with Crippen LogP contribution in [0.25, 0.3) is 0 Å². The molecule has 16 heavy (non-hydrogen) atoms. The van der Waals surface area contributed by atoms with Gasteiger partial charge in [-0.3, -0.25) is 0 Å². The van der Waals surface area contributed by atoms with Crippen LogP contribution in [0.5, 0.6) is 0 Å². The normalized spacial score (nSPS) is 10.2. The Morgan fingerprint density at radius 3 is 2.56 bits per heavy atom. The van der Waals surface area contributed by atoms with E-state index in [4.69, 9.17) is 10.4 Å². The van der Waals surface area contributed by atoms with Crippen LogP contribution in [0.15, 0.2) is 12.1 Å². The van der Waals surface area contributed by atoms with Crippen molar-refractivity contribution in [2.45, 2.75) is 19.8 Å². The quantitative estimate of drug-likeness (QED) is 0.860. The number of nitrogens with zero attached hydrogens (tertiary/aromatic N) is 1. The van der Waals surface area contributed by atoms with Crippen molar-refractivity contribution in [3.63, 3.8) is 0 Å². The molecule has 1 N–H and O–H groups in total. The predicted molar refractivity (Wildman–Crippen MR) is 52.5 cm³/mol. The maximum Gasteiger partial charge on any atom is 0.335 e. The van der Waals surface area contributed by atoms with E-state index < -0.39 is 12.4 Å². The van der Waals surface area contributed by atoms with Crippen molar-refractivity contribution in [1.29, 1.82) is 5.26 Å². The van der Waals surface area contributed by atoms with Gasteiger partial charge in [-0.25, -0.2) is 13.6 Å². The summed E-state index contributed by atoms with van der Waals surface area (Å²) in [6, 6.07) is 3.78. The summed E-state index contributed by atoms with van der Waals surface area (Å²) in [6.07, 6.45) is -2.51. The molecule has 0 amide bonds. The summed E-state index contributed by atoms with van der Waals surface area (Å²) in [6.45, 7) is 1.64. The molecular weight excluding hydrogens is 216 g/mol. The van der Waals surface area contributed by atoms with Gasteiger partial charge in [0.25, 0.3) is 6.43 Å². The number of carboxylic acids is 1. The fourth-order valence-corrected chi connectivity index (χ4v) is 1.51. The third-order valence-corrected chi connectivity index (χ3v) is 2.24. The Bertz CT molecular complexity index is 464. The average Bonchev–Trinajstić information content (AvgIpc) is 2.26. The number of carboxylic acid groups (broad SMARTS) is 1. The lowest BCUT2D eigenvalue weighted by Gasteiger charge is -2.10. The van der Waals surface area contributed by atoms with E-state index in [0.29, 0.717) is 0 Å².